The molecule has 0 aliphatic carbocycles. The number of nitrogens with one attached hydrogen (secondary N) is 1. The number of ether oxygens (including phenoxy) is 1. The fourth-order valence-corrected chi connectivity index (χ4v) is 1.34. The summed E-state index contributed by atoms with van der Waals surface area (Å²) in [6.07, 6.45) is 0. The zero-order valence-electron chi connectivity index (χ0n) is 9.83. The third kappa shape index (κ3) is 3.29. The lowest BCUT2D eigenvalue weighted by Gasteiger charge is -2.19. The van der Waals surface area contributed by atoms with E-state index in [4.69, 9.17) is 28.0 Å². The molecule has 0 spiro atoms. The molecule has 0 fully saturated rings. The van der Waals surface area contributed by atoms with E-state index in [0.717, 1.165) is 0 Å². The maximum Gasteiger partial charge on any atom is 0.342 e. The van der Waals surface area contributed by atoms with E-state index >= 15 is 0 Å². The van der Waals surface area contributed by atoms with Crippen LogP contribution in [0.1, 0.15) is 36.7 Å². The van der Waals surface area contributed by atoms with E-state index in [0.29, 0.717) is 0 Å². The molecule has 1 aromatic heterocycles. The Morgan fingerprint density at radius 2 is 2.18 bits per heavy atom. The second kappa shape index (κ2) is 4.55. The predicted octanol–water partition coefficient (Wildman–Crippen LogP) is 2.15. The molecule has 0 saturated carbocycles. The van der Waals surface area contributed by atoms with E-state index in [1.54, 1.807) is 20.8 Å². The molecule has 5 nitrogen and oxygen atoms in total. The molecule has 0 atom stereocenters. The zero-order valence-corrected chi connectivity index (χ0v) is 10.6. The zero-order chi connectivity index (χ0) is 13.2. The van der Waals surface area contributed by atoms with Crippen molar-refractivity contribution < 1.29 is 9.53 Å². The quantitative estimate of drug-likeness (QED) is 0.589. The van der Waals surface area contributed by atoms with E-state index in [2.05, 4.69) is 4.98 Å². The number of nitrogens with zero attached hydrogens (tertiary/aromatic N) is 1. The van der Waals surface area contributed by atoms with Crippen LogP contribution in [0.25, 0.3) is 0 Å². The molecule has 0 aliphatic heterocycles. The van der Waals surface area contributed by atoms with Crippen molar-refractivity contribution in [3.63, 3.8) is 0 Å². The number of rotatable bonds is 1. The van der Waals surface area contributed by atoms with Crippen LogP contribution < -0.4 is 5.73 Å². The van der Waals surface area contributed by atoms with E-state index < -0.39 is 11.6 Å². The number of anilines is 1. The van der Waals surface area contributed by atoms with E-state index in [-0.39, 0.29) is 21.6 Å². The Hall–Kier alpha value is -1.87. The van der Waals surface area contributed by atoms with Crippen molar-refractivity contribution in [3.8, 4) is 6.07 Å². The van der Waals surface area contributed by atoms with Gasteiger partial charge in [-0.2, -0.15) is 5.26 Å². The number of hydrogen-bond acceptors (Lipinski definition) is 5. The second-order valence-corrected chi connectivity index (χ2v) is 4.86. The summed E-state index contributed by atoms with van der Waals surface area (Å²) >= 11 is 4.88. The first-order chi connectivity index (χ1) is 7.74. The molecule has 0 amide bonds. The van der Waals surface area contributed by atoms with Crippen LogP contribution in [0, 0.1) is 16.0 Å². The Kier molecular flexibility index (Phi) is 3.53. The molecular formula is C11H13N3O2S. The molecule has 1 heterocycles. The molecule has 0 aliphatic rings. The summed E-state index contributed by atoms with van der Waals surface area (Å²) in [5.41, 5.74) is 5.32. The van der Waals surface area contributed by atoms with Gasteiger partial charge in [0.15, 0.2) is 0 Å². The standard InChI is InChI=1S/C11H13N3O2S/c1-11(2,3)16-10(15)7-4-6(5-12)9(17)14-8(7)13/h4H,1-3H3,(H3,13,14,17). The van der Waals surface area contributed by atoms with Gasteiger partial charge in [0.05, 0.1) is 5.56 Å². The number of hydrogen-bond donors (Lipinski definition) is 2. The highest BCUT2D eigenvalue weighted by molar-refractivity contribution is 7.71. The molecule has 3 N–H and O–H groups in total. The molecule has 17 heavy (non-hydrogen) atoms. The van der Waals surface area contributed by atoms with Crippen molar-refractivity contribution >= 4 is 24.0 Å². The molecule has 0 radical (unpaired) electrons. The van der Waals surface area contributed by atoms with Crippen molar-refractivity contribution in [1.29, 1.82) is 5.26 Å². The first-order valence-corrected chi connectivity index (χ1v) is 5.31. The monoisotopic (exact) mass is 251 g/mol. The van der Waals surface area contributed by atoms with Gasteiger partial charge in [-0.05, 0) is 26.8 Å². The number of carbonyl (C=O) groups is 1. The van der Waals surface area contributed by atoms with Crippen LogP contribution in [0.4, 0.5) is 5.82 Å². The molecule has 1 aromatic rings. The molecular weight excluding hydrogens is 238 g/mol. The lowest BCUT2D eigenvalue weighted by Crippen LogP contribution is -2.24. The highest BCUT2D eigenvalue weighted by Crippen LogP contribution is 2.17. The van der Waals surface area contributed by atoms with Crippen LogP contribution in [0.3, 0.4) is 0 Å². The molecule has 0 unspecified atom stereocenters. The summed E-state index contributed by atoms with van der Waals surface area (Å²) in [6, 6.07) is 3.22. The Labute approximate surface area is 104 Å². The van der Waals surface area contributed by atoms with Crippen LogP contribution in [-0.4, -0.2) is 16.6 Å². The molecule has 0 bridgehead atoms. The smallest absolute Gasteiger partial charge is 0.342 e. The van der Waals surface area contributed by atoms with Crippen molar-refractivity contribution in [1.82, 2.24) is 4.98 Å². The lowest BCUT2D eigenvalue weighted by atomic mass is 10.1. The number of nitriles is 1. The summed E-state index contributed by atoms with van der Waals surface area (Å²) in [5.74, 6) is -0.485. The van der Waals surface area contributed by atoms with Gasteiger partial charge in [-0.1, -0.05) is 12.2 Å². The Bertz CT molecular complexity index is 549. The third-order valence-electron chi connectivity index (χ3n) is 1.81. The first-order valence-electron chi connectivity index (χ1n) is 4.91. The van der Waals surface area contributed by atoms with Gasteiger partial charge in [-0.3, -0.25) is 0 Å². The topological polar surface area (TPSA) is 91.9 Å². The minimum atomic E-state index is -0.622. The van der Waals surface area contributed by atoms with Crippen molar-refractivity contribution in [2.45, 2.75) is 26.4 Å². The van der Waals surface area contributed by atoms with Crippen LogP contribution in [0.2, 0.25) is 0 Å². The largest absolute Gasteiger partial charge is 0.456 e. The normalized spacial score (nSPS) is 10.7. The van der Waals surface area contributed by atoms with Gasteiger partial charge in [-0.25, -0.2) is 4.79 Å². The van der Waals surface area contributed by atoms with Gasteiger partial charge in [-0.15, -0.1) is 0 Å². The van der Waals surface area contributed by atoms with Crippen molar-refractivity contribution in [3.05, 3.63) is 21.8 Å². The average Bonchev–Trinajstić information content (AvgIpc) is 2.14. The highest BCUT2D eigenvalue weighted by Gasteiger charge is 2.20. The van der Waals surface area contributed by atoms with Gasteiger partial charge in [0, 0.05) is 0 Å². The maximum atomic E-state index is 11.8. The van der Waals surface area contributed by atoms with Gasteiger partial charge < -0.3 is 15.5 Å². The highest BCUT2D eigenvalue weighted by atomic mass is 32.1. The average molecular weight is 251 g/mol. The van der Waals surface area contributed by atoms with E-state index in [1.165, 1.54) is 6.07 Å². The summed E-state index contributed by atoms with van der Waals surface area (Å²) in [4.78, 5) is 14.4. The Morgan fingerprint density at radius 1 is 1.59 bits per heavy atom. The predicted molar refractivity (Wildman–Crippen MR) is 65.9 cm³/mol. The first kappa shape index (κ1) is 13.2. The molecule has 90 valence electrons. The summed E-state index contributed by atoms with van der Waals surface area (Å²) in [7, 11) is 0. The number of carbonyl (C=O) groups excluding carboxylic acids is 1. The van der Waals surface area contributed by atoms with Gasteiger partial charge in [0.2, 0.25) is 0 Å². The number of nitrogen functional groups attached to an aromatic ring is 1. The molecule has 0 saturated heterocycles. The van der Waals surface area contributed by atoms with Crippen molar-refractivity contribution in [2.75, 3.05) is 5.73 Å². The fourth-order valence-electron chi connectivity index (χ4n) is 1.13. The summed E-state index contributed by atoms with van der Waals surface area (Å²) in [5, 5.41) is 8.82. The second-order valence-electron chi connectivity index (χ2n) is 4.45. The van der Waals surface area contributed by atoms with Gasteiger partial charge >= 0.3 is 5.97 Å². The summed E-state index contributed by atoms with van der Waals surface area (Å²) < 4.78 is 5.37. The van der Waals surface area contributed by atoms with E-state index in [9.17, 15) is 4.79 Å². The van der Waals surface area contributed by atoms with Gasteiger partial charge in [0.25, 0.3) is 0 Å². The SMILES string of the molecule is CC(C)(C)OC(=O)c1cc(C#N)c(=S)[nH]c1N. The molecule has 6 heteroatoms. The van der Waals surface area contributed by atoms with Crippen molar-refractivity contribution in [2.24, 2.45) is 0 Å². The Morgan fingerprint density at radius 3 is 2.65 bits per heavy atom. The van der Waals surface area contributed by atoms with Crippen LogP contribution in [-0.2, 0) is 4.74 Å². The van der Waals surface area contributed by atoms with Crippen LogP contribution in [0.5, 0.6) is 0 Å². The Balaban J connectivity index is 3.20. The summed E-state index contributed by atoms with van der Waals surface area (Å²) in [6.45, 7) is 5.24. The number of esters is 1. The number of aromatic amines is 1. The van der Waals surface area contributed by atoms with E-state index in [1.807, 2.05) is 6.07 Å². The molecule has 0 aromatic carbocycles. The minimum absolute atomic E-state index is 0.100. The third-order valence-corrected chi connectivity index (χ3v) is 2.13. The lowest BCUT2D eigenvalue weighted by molar-refractivity contribution is 0.00704. The number of H-pyrrole nitrogens is 1. The van der Waals surface area contributed by atoms with Crippen LogP contribution in [0.15, 0.2) is 6.07 Å². The molecule has 1 rings (SSSR count). The minimum Gasteiger partial charge on any atom is -0.456 e. The van der Waals surface area contributed by atoms with Crippen LogP contribution >= 0.6 is 12.2 Å². The number of pyridine rings is 1. The number of nitrogens with two attached hydrogens (primary N) is 1. The van der Waals surface area contributed by atoms with Gasteiger partial charge in [0.1, 0.15) is 27.7 Å². The number of aromatic nitrogens is 1. The maximum absolute atomic E-state index is 11.8. The fraction of sp³-hybridized carbons (Fsp3) is 0.364.